The van der Waals surface area contributed by atoms with E-state index >= 15 is 0 Å². The second-order valence-electron chi connectivity index (χ2n) is 8.34. The second-order valence-corrected chi connectivity index (χ2v) is 9.50. The number of hydrogen-bond donors (Lipinski definition) is 3. The number of nitrogens with zero attached hydrogens (tertiary/aromatic N) is 1. The number of carbonyl (C=O) groups is 2. The molecule has 0 heterocycles. The summed E-state index contributed by atoms with van der Waals surface area (Å²) in [6.45, 7) is 2.85. The fourth-order valence-corrected chi connectivity index (χ4v) is 4.50. The molecule has 1 aliphatic rings. The summed E-state index contributed by atoms with van der Waals surface area (Å²) in [6, 6.07) is 6.83. The molecule has 1 aromatic carbocycles. The van der Waals surface area contributed by atoms with Crippen LogP contribution in [0.2, 0.25) is 0 Å². The zero-order valence-electron chi connectivity index (χ0n) is 20.0. The highest BCUT2D eigenvalue weighted by Crippen LogP contribution is 2.30. The molecule has 0 spiro atoms. The Morgan fingerprint density at radius 2 is 2.00 bits per heavy atom. The van der Waals surface area contributed by atoms with Gasteiger partial charge >= 0.3 is 0 Å². The van der Waals surface area contributed by atoms with Crippen LogP contribution in [-0.2, 0) is 14.3 Å². The lowest BCUT2D eigenvalue weighted by Gasteiger charge is -2.40. The van der Waals surface area contributed by atoms with Gasteiger partial charge in [-0.05, 0) is 47.2 Å². The van der Waals surface area contributed by atoms with Crippen molar-refractivity contribution >= 4 is 34.4 Å². The summed E-state index contributed by atoms with van der Waals surface area (Å²) >= 11 is 2.16. The molecule has 190 valence electrons. The van der Waals surface area contributed by atoms with Crippen LogP contribution in [0.15, 0.2) is 35.9 Å². The van der Waals surface area contributed by atoms with E-state index in [1.54, 1.807) is 18.1 Å². The SMILES string of the molecule is CCCCCCN(C(=O)CCOC)C1CC(C(=O)NCCO)=CC(Oc2ccccc2I)C1O. The van der Waals surface area contributed by atoms with Crippen molar-refractivity contribution in [2.24, 2.45) is 0 Å². The van der Waals surface area contributed by atoms with Gasteiger partial charge in [-0.3, -0.25) is 9.59 Å². The molecule has 1 aromatic rings. The minimum Gasteiger partial charge on any atom is -0.482 e. The number of hydrogen-bond acceptors (Lipinski definition) is 6. The predicted octanol–water partition coefficient (Wildman–Crippen LogP) is 2.65. The van der Waals surface area contributed by atoms with Gasteiger partial charge in [-0.15, -0.1) is 0 Å². The number of para-hydroxylation sites is 1. The number of ether oxygens (including phenoxy) is 2. The van der Waals surface area contributed by atoms with Gasteiger partial charge in [0.25, 0.3) is 0 Å². The summed E-state index contributed by atoms with van der Waals surface area (Å²) in [4.78, 5) is 27.6. The lowest BCUT2D eigenvalue weighted by Crippen LogP contribution is -2.55. The van der Waals surface area contributed by atoms with E-state index in [0.29, 0.717) is 17.9 Å². The maximum atomic E-state index is 13.1. The summed E-state index contributed by atoms with van der Waals surface area (Å²) in [5.74, 6) is 0.143. The standard InChI is InChI=1S/C25H37IN2O6/c1-3-4-5-8-13-28(23(30)11-15-33-2)20-16-18(25(32)27-12-14-29)17-22(24(20)31)34-21-10-7-6-9-19(21)26/h6-7,9-10,17,20,22,24,29,31H,3-5,8,11-16H2,1-2H3,(H,27,32). The number of carbonyl (C=O) groups excluding carboxylic acids is 2. The molecule has 34 heavy (non-hydrogen) atoms. The van der Waals surface area contributed by atoms with Gasteiger partial charge in [0.15, 0.2) is 0 Å². The maximum absolute atomic E-state index is 13.1. The van der Waals surface area contributed by atoms with Gasteiger partial charge in [0.2, 0.25) is 11.8 Å². The first-order valence-corrected chi connectivity index (χ1v) is 13.0. The number of aliphatic hydroxyl groups is 2. The van der Waals surface area contributed by atoms with Gasteiger partial charge in [-0.25, -0.2) is 0 Å². The van der Waals surface area contributed by atoms with Crippen molar-refractivity contribution in [3.05, 3.63) is 39.5 Å². The van der Waals surface area contributed by atoms with Crippen molar-refractivity contribution in [2.45, 2.75) is 63.7 Å². The number of nitrogens with one attached hydrogen (secondary N) is 1. The van der Waals surface area contributed by atoms with Crippen molar-refractivity contribution < 1.29 is 29.3 Å². The molecule has 0 aromatic heterocycles. The number of benzene rings is 1. The third-order valence-electron chi connectivity index (χ3n) is 5.81. The third-order valence-corrected chi connectivity index (χ3v) is 6.70. The van der Waals surface area contributed by atoms with Gasteiger partial charge in [0, 0.05) is 32.2 Å². The normalized spacial score (nSPS) is 19.9. The molecule has 3 N–H and O–H groups in total. The Balaban J connectivity index is 2.33. The smallest absolute Gasteiger partial charge is 0.247 e. The monoisotopic (exact) mass is 588 g/mol. The van der Waals surface area contributed by atoms with Crippen molar-refractivity contribution in [2.75, 3.05) is 33.4 Å². The Bertz CT molecular complexity index is 818. The molecule has 0 fully saturated rings. The van der Waals surface area contributed by atoms with E-state index in [-0.39, 0.29) is 44.4 Å². The van der Waals surface area contributed by atoms with Crippen LogP contribution in [0.25, 0.3) is 0 Å². The number of methoxy groups -OCH3 is 1. The minimum absolute atomic E-state index is 0.118. The molecule has 0 saturated carbocycles. The molecule has 8 nitrogen and oxygen atoms in total. The Kier molecular flexibility index (Phi) is 12.9. The molecule has 2 rings (SSSR count). The van der Waals surface area contributed by atoms with E-state index in [9.17, 15) is 14.7 Å². The van der Waals surface area contributed by atoms with E-state index in [2.05, 4.69) is 34.8 Å². The molecule has 1 aliphatic carbocycles. The Labute approximate surface area is 215 Å². The molecule has 3 unspecified atom stereocenters. The summed E-state index contributed by atoms with van der Waals surface area (Å²) in [5, 5.41) is 23.1. The summed E-state index contributed by atoms with van der Waals surface area (Å²) in [7, 11) is 1.55. The van der Waals surface area contributed by atoms with Gasteiger partial charge in [-0.2, -0.15) is 0 Å². The first-order valence-electron chi connectivity index (χ1n) is 11.9. The van der Waals surface area contributed by atoms with Crippen molar-refractivity contribution in [1.82, 2.24) is 10.2 Å². The number of halogens is 1. The van der Waals surface area contributed by atoms with E-state index < -0.39 is 18.2 Å². The molecule has 0 saturated heterocycles. The molecule has 0 aliphatic heterocycles. The zero-order chi connectivity index (χ0) is 24.9. The predicted molar refractivity (Wildman–Crippen MR) is 139 cm³/mol. The largest absolute Gasteiger partial charge is 0.482 e. The summed E-state index contributed by atoms with van der Waals surface area (Å²) in [5.41, 5.74) is 0.429. The van der Waals surface area contributed by atoms with Gasteiger partial charge in [0.05, 0.1) is 29.2 Å². The maximum Gasteiger partial charge on any atom is 0.247 e. The molecule has 3 atom stereocenters. The highest BCUT2D eigenvalue weighted by Gasteiger charge is 2.40. The molecule has 0 radical (unpaired) electrons. The molecule has 0 bridgehead atoms. The Hall–Kier alpha value is -1.69. The average molecular weight is 588 g/mol. The van der Waals surface area contributed by atoms with Crippen LogP contribution < -0.4 is 10.1 Å². The number of rotatable bonds is 14. The topological polar surface area (TPSA) is 108 Å². The Morgan fingerprint density at radius 1 is 1.24 bits per heavy atom. The number of unbranched alkanes of at least 4 members (excludes halogenated alkanes) is 3. The van der Waals surface area contributed by atoms with Gasteiger partial charge in [-0.1, -0.05) is 38.3 Å². The van der Waals surface area contributed by atoms with E-state index in [1.165, 1.54) is 0 Å². The van der Waals surface area contributed by atoms with Crippen LogP contribution in [-0.4, -0.2) is 78.6 Å². The third kappa shape index (κ3) is 8.51. The molecular weight excluding hydrogens is 551 g/mol. The molecule has 2 amide bonds. The second kappa shape index (κ2) is 15.3. The summed E-state index contributed by atoms with van der Waals surface area (Å²) < 4.78 is 12.1. The van der Waals surface area contributed by atoms with Crippen molar-refractivity contribution in [3.63, 3.8) is 0 Å². The fourth-order valence-electron chi connectivity index (χ4n) is 3.98. The minimum atomic E-state index is -1.01. The summed E-state index contributed by atoms with van der Waals surface area (Å²) in [6.07, 6.45) is 4.16. The van der Waals surface area contributed by atoms with E-state index in [1.807, 2.05) is 24.3 Å². The quantitative estimate of drug-likeness (QED) is 0.228. The molecular formula is C25H37IN2O6. The van der Waals surface area contributed by atoms with Crippen LogP contribution in [0.5, 0.6) is 5.75 Å². The molecule has 9 heteroatoms. The van der Waals surface area contributed by atoms with Crippen LogP contribution in [0.3, 0.4) is 0 Å². The highest BCUT2D eigenvalue weighted by molar-refractivity contribution is 14.1. The first kappa shape index (κ1) is 28.5. The first-order chi connectivity index (χ1) is 16.4. The van der Waals surface area contributed by atoms with Crippen molar-refractivity contribution in [3.8, 4) is 5.75 Å². The highest BCUT2D eigenvalue weighted by atomic mass is 127. The van der Waals surface area contributed by atoms with Crippen LogP contribution in [0.4, 0.5) is 0 Å². The van der Waals surface area contributed by atoms with Gasteiger partial charge < -0.3 is 29.9 Å². The van der Waals surface area contributed by atoms with E-state index in [4.69, 9.17) is 14.6 Å². The Morgan fingerprint density at radius 3 is 2.68 bits per heavy atom. The zero-order valence-corrected chi connectivity index (χ0v) is 22.2. The number of amides is 2. The van der Waals surface area contributed by atoms with Gasteiger partial charge in [0.1, 0.15) is 18.0 Å². The van der Waals surface area contributed by atoms with Crippen LogP contribution in [0.1, 0.15) is 45.4 Å². The van der Waals surface area contributed by atoms with Crippen LogP contribution >= 0.6 is 22.6 Å². The fraction of sp³-hybridized carbons (Fsp3) is 0.600. The number of aliphatic hydroxyl groups excluding tert-OH is 2. The average Bonchev–Trinajstić information content (AvgIpc) is 2.84. The van der Waals surface area contributed by atoms with Crippen molar-refractivity contribution in [1.29, 1.82) is 0 Å². The van der Waals surface area contributed by atoms with Crippen LogP contribution in [0, 0.1) is 3.57 Å². The van der Waals surface area contributed by atoms with E-state index in [0.717, 1.165) is 29.3 Å². The lowest BCUT2D eigenvalue weighted by atomic mass is 9.87. The lowest BCUT2D eigenvalue weighted by molar-refractivity contribution is -0.139.